The maximum Gasteiger partial charge on any atom is 0.266 e. The summed E-state index contributed by atoms with van der Waals surface area (Å²) in [4.78, 5) is 8.24. The van der Waals surface area contributed by atoms with Gasteiger partial charge in [-0.05, 0) is 30.3 Å². The predicted octanol–water partition coefficient (Wildman–Crippen LogP) is 1.46. The number of benzene rings is 2. The van der Waals surface area contributed by atoms with Gasteiger partial charge in [-0.25, -0.2) is 14.4 Å². The van der Waals surface area contributed by atoms with Crippen molar-refractivity contribution in [1.82, 2.24) is 9.97 Å². The topological polar surface area (TPSA) is 168 Å². The molecule has 0 fully saturated rings. The van der Waals surface area contributed by atoms with E-state index in [2.05, 4.69) is 15.3 Å². The van der Waals surface area contributed by atoms with Crippen LogP contribution in [0.3, 0.4) is 0 Å². The predicted molar refractivity (Wildman–Crippen MR) is 122 cm³/mol. The Hall–Kier alpha value is -2.35. The van der Waals surface area contributed by atoms with E-state index in [1.807, 2.05) is 0 Å². The average Bonchev–Trinajstić information content (AvgIpc) is 2.83. The van der Waals surface area contributed by atoms with Crippen LogP contribution >= 0.6 is 23.2 Å². The minimum Gasteiger partial charge on any atom is -0.496 e. The first-order valence-corrected chi connectivity index (χ1v) is 10.6. The Kier molecular flexibility index (Phi) is 8.11. The molecule has 0 radical (unpaired) electrons. The van der Waals surface area contributed by atoms with Gasteiger partial charge in [-0.3, -0.25) is 0 Å². The van der Waals surface area contributed by atoms with Gasteiger partial charge >= 0.3 is 0 Å². The van der Waals surface area contributed by atoms with Crippen molar-refractivity contribution >= 4 is 45.6 Å². The van der Waals surface area contributed by atoms with Crippen LogP contribution in [-0.4, -0.2) is 78.5 Å². The number of aliphatic hydroxyl groups is 6. The molecular formula is C21H22Cl2FN3O7. The second-order valence-corrected chi connectivity index (χ2v) is 8.24. The number of alkyl halides is 1. The number of aliphatic hydroxyl groups excluding tert-OH is 5. The molecule has 0 spiro atoms. The van der Waals surface area contributed by atoms with Crippen LogP contribution in [0.25, 0.3) is 10.9 Å². The van der Waals surface area contributed by atoms with Crippen molar-refractivity contribution in [2.75, 3.05) is 19.0 Å². The summed E-state index contributed by atoms with van der Waals surface area (Å²) in [5.41, 5.74) is 0.303. The molecule has 13 heteroatoms. The largest absolute Gasteiger partial charge is 0.496 e. The number of aromatic nitrogens is 2. The Labute approximate surface area is 202 Å². The molecule has 1 unspecified atom stereocenters. The molecule has 1 aromatic heterocycles. The molecule has 184 valence electrons. The molecule has 0 aliphatic carbocycles. The lowest BCUT2D eigenvalue weighted by atomic mass is 9.92. The van der Waals surface area contributed by atoms with E-state index >= 15 is 4.39 Å². The molecule has 0 saturated carbocycles. The SMILES string of the molecule is COc1cc2c(Nc3cc(Cl)ccc3Cl)ncnc2cc1C(O)[C@](O)(F)[C@H](O)[C@@H](O)[C@H](O)CO. The monoisotopic (exact) mass is 517 g/mol. The van der Waals surface area contributed by atoms with E-state index in [4.69, 9.17) is 33.0 Å². The van der Waals surface area contributed by atoms with Gasteiger partial charge in [-0.1, -0.05) is 23.2 Å². The van der Waals surface area contributed by atoms with E-state index in [0.717, 1.165) is 0 Å². The highest BCUT2D eigenvalue weighted by Crippen LogP contribution is 2.40. The second-order valence-electron chi connectivity index (χ2n) is 7.40. The molecule has 0 amide bonds. The lowest BCUT2D eigenvalue weighted by Gasteiger charge is -2.34. The van der Waals surface area contributed by atoms with E-state index in [1.165, 1.54) is 25.6 Å². The maximum absolute atomic E-state index is 15.1. The van der Waals surface area contributed by atoms with Crippen LogP contribution in [0.4, 0.5) is 15.9 Å². The van der Waals surface area contributed by atoms with Crippen molar-refractivity contribution in [1.29, 1.82) is 0 Å². The third kappa shape index (κ3) is 5.16. The third-order valence-electron chi connectivity index (χ3n) is 5.17. The molecule has 0 saturated heterocycles. The van der Waals surface area contributed by atoms with E-state index < -0.39 is 36.9 Å². The number of rotatable bonds is 9. The molecular weight excluding hydrogens is 496 g/mol. The van der Waals surface area contributed by atoms with Gasteiger partial charge in [-0.15, -0.1) is 0 Å². The van der Waals surface area contributed by atoms with Crippen LogP contribution in [0.5, 0.6) is 5.75 Å². The number of nitrogens with one attached hydrogen (secondary N) is 1. The molecule has 3 aromatic rings. The molecule has 10 nitrogen and oxygen atoms in total. The molecule has 34 heavy (non-hydrogen) atoms. The Morgan fingerprint density at radius 2 is 1.82 bits per heavy atom. The minimum atomic E-state index is -3.85. The quantitative estimate of drug-likeness (QED) is 0.220. The number of anilines is 2. The van der Waals surface area contributed by atoms with E-state index in [0.29, 0.717) is 21.1 Å². The van der Waals surface area contributed by atoms with E-state index in [1.54, 1.807) is 18.2 Å². The fraction of sp³-hybridized carbons (Fsp3) is 0.333. The average molecular weight is 518 g/mol. The number of fused-ring (bicyclic) bond motifs is 1. The van der Waals surface area contributed by atoms with Crippen molar-refractivity contribution in [3.8, 4) is 5.75 Å². The number of nitrogens with zero attached hydrogens (tertiary/aromatic N) is 2. The van der Waals surface area contributed by atoms with Gasteiger partial charge in [0.2, 0.25) is 0 Å². The van der Waals surface area contributed by atoms with Crippen LogP contribution in [0.1, 0.15) is 11.7 Å². The fourth-order valence-corrected chi connectivity index (χ4v) is 3.58. The smallest absolute Gasteiger partial charge is 0.266 e. The van der Waals surface area contributed by atoms with Gasteiger partial charge in [0.05, 0.1) is 29.9 Å². The van der Waals surface area contributed by atoms with Gasteiger partial charge in [0, 0.05) is 16.0 Å². The molecule has 0 bridgehead atoms. The van der Waals surface area contributed by atoms with Crippen molar-refractivity contribution in [2.45, 2.75) is 30.3 Å². The zero-order chi connectivity index (χ0) is 25.2. The van der Waals surface area contributed by atoms with Crippen molar-refractivity contribution in [2.24, 2.45) is 0 Å². The number of halogens is 3. The first-order valence-electron chi connectivity index (χ1n) is 9.80. The van der Waals surface area contributed by atoms with Crippen molar-refractivity contribution in [3.63, 3.8) is 0 Å². The Morgan fingerprint density at radius 3 is 2.47 bits per heavy atom. The van der Waals surface area contributed by atoms with E-state index in [-0.39, 0.29) is 22.6 Å². The summed E-state index contributed by atoms with van der Waals surface area (Å²) in [6, 6.07) is 7.31. The molecule has 0 aliphatic rings. The fourth-order valence-electron chi connectivity index (χ4n) is 3.25. The second kappa shape index (κ2) is 10.5. The van der Waals surface area contributed by atoms with Gasteiger partial charge in [-0.2, -0.15) is 0 Å². The lowest BCUT2D eigenvalue weighted by Crippen LogP contribution is -2.54. The summed E-state index contributed by atoms with van der Waals surface area (Å²) in [6.07, 6.45) is -8.22. The molecule has 1 heterocycles. The van der Waals surface area contributed by atoms with Crippen molar-refractivity contribution < 1.29 is 39.8 Å². The minimum absolute atomic E-state index is 0.115. The van der Waals surface area contributed by atoms with Gasteiger partial charge in [0.25, 0.3) is 5.85 Å². The zero-order valence-corrected chi connectivity index (χ0v) is 19.1. The summed E-state index contributed by atoms with van der Waals surface area (Å²) in [7, 11) is 1.22. The van der Waals surface area contributed by atoms with Crippen LogP contribution in [0.2, 0.25) is 10.0 Å². The third-order valence-corrected chi connectivity index (χ3v) is 5.73. The highest BCUT2D eigenvalue weighted by molar-refractivity contribution is 6.35. The standard InChI is InChI=1S/C21H22Cl2FN3O7/c1-34-16-6-10-13(25-8-26-20(10)27-14-4-9(22)2-3-12(14)23)5-11(16)18(31)21(24,33)19(32)17(30)15(29)7-28/h2-6,8,15,17-19,28-33H,7H2,1H3,(H,25,26,27)/t15-,17+,18?,19-,21-/m1/s1. The number of hydrogen-bond acceptors (Lipinski definition) is 10. The van der Waals surface area contributed by atoms with Gasteiger partial charge in [0.15, 0.2) is 0 Å². The number of methoxy groups -OCH3 is 1. The van der Waals surface area contributed by atoms with Gasteiger partial charge < -0.3 is 40.7 Å². The highest BCUT2D eigenvalue weighted by Gasteiger charge is 2.50. The number of hydrogen-bond donors (Lipinski definition) is 7. The zero-order valence-electron chi connectivity index (χ0n) is 17.6. The van der Waals surface area contributed by atoms with Crippen LogP contribution in [0, 0.1) is 0 Å². The molecule has 2 aromatic carbocycles. The Morgan fingerprint density at radius 1 is 1.12 bits per heavy atom. The Bertz CT molecular complexity index is 1170. The summed E-state index contributed by atoms with van der Waals surface area (Å²) >= 11 is 12.2. The molecule has 0 aliphatic heterocycles. The summed E-state index contributed by atoms with van der Waals surface area (Å²) in [5.74, 6) is -3.69. The first kappa shape index (κ1) is 26.3. The summed E-state index contributed by atoms with van der Waals surface area (Å²) in [6.45, 7) is -1.02. The molecule has 7 N–H and O–H groups in total. The van der Waals surface area contributed by atoms with Crippen LogP contribution < -0.4 is 10.1 Å². The number of ether oxygens (including phenoxy) is 1. The first-order chi connectivity index (χ1) is 16.0. The highest BCUT2D eigenvalue weighted by atomic mass is 35.5. The van der Waals surface area contributed by atoms with Crippen LogP contribution in [0.15, 0.2) is 36.7 Å². The van der Waals surface area contributed by atoms with Crippen LogP contribution in [-0.2, 0) is 0 Å². The van der Waals surface area contributed by atoms with Gasteiger partial charge in [0.1, 0.15) is 42.3 Å². The summed E-state index contributed by atoms with van der Waals surface area (Å²) < 4.78 is 20.3. The molecule has 5 atom stereocenters. The normalized spacial score (nSPS) is 17.0. The van der Waals surface area contributed by atoms with Crippen molar-refractivity contribution in [3.05, 3.63) is 52.3 Å². The maximum atomic E-state index is 15.1. The Balaban J connectivity index is 2.04. The van der Waals surface area contributed by atoms with E-state index in [9.17, 15) is 25.5 Å². The summed E-state index contributed by atoms with van der Waals surface area (Å²) in [5, 5.41) is 63.0. The molecule has 3 rings (SSSR count). The lowest BCUT2D eigenvalue weighted by molar-refractivity contribution is -0.260.